The van der Waals surface area contributed by atoms with Crippen LogP contribution in [0.2, 0.25) is 0 Å². The molecule has 0 aliphatic heterocycles. The van der Waals surface area contributed by atoms with Crippen LogP contribution < -0.4 is 16.0 Å². The molecule has 2 saturated carbocycles. The molecule has 0 radical (unpaired) electrons. The van der Waals surface area contributed by atoms with Gasteiger partial charge in [-0.25, -0.2) is 0 Å². The first-order valence-corrected chi connectivity index (χ1v) is 11.7. The summed E-state index contributed by atoms with van der Waals surface area (Å²) in [6, 6.07) is 24.4. The SMILES string of the molecule is c1ccc(CNC2CCC(NC3CCC(NCc4ccccc4)CC3)CC2)cc1. The molecule has 29 heavy (non-hydrogen) atoms. The monoisotopic (exact) mass is 391 g/mol. The van der Waals surface area contributed by atoms with E-state index in [2.05, 4.69) is 76.6 Å². The fourth-order valence-electron chi connectivity index (χ4n) is 4.98. The minimum atomic E-state index is 0.686. The van der Waals surface area contributed by atoms with E-state index in [1.165, 1.54) is 62.5 Å². The molecular formula is C26H37N3. The van der Waals surface area contributed by atoms with Gasteiger partial charge in [0.25, 0.3) is 0 Å². The second-order valence-corrected chi connectivity index (χ2v) is 9.00. The average molecular weight is 392 g/mol. The fourth-order valence-corrected chi connectivity index (χ4v) is 4.98. The second-order valence-electron chi connectivity index (χ2n) is 9.00. The van der Waals surface area contributed by atoms with Crippen LogP contribution in [0.4, 0.5) is 0 Å². The quantitative estimate of drug-likeness (QED) is 0.606. The van der Waals surface area contributed by atoms with Crippen molar-refractivity contribution in [2.45, 2.75) is 88.6 Å². The Morgan fingerprint density at radius 2 is 0.828 bits per heavy atom. The summed E-state index contributed by atoms with van der Waals surface area (Å²) in [6.07, 6.45) is 10.5. The molecule has 4 rings (SSSR count). The van der Waals surface area contributed by atoms with Gasteiger partial charge in [-0.2, -0.15) is 0 Å². The van der Waals surface area contributed by atoms with E-state index < -0.39 is 0 Å². The Balaban J connectivity index is 1.09. The maximum absolute atomic E-state index is 3.99. The van der Waals surface area contributed by atoms with Gasteiger partial charge in [0.05, 0.1) is 0 Å². The van der Waals surface area contributed by atoms with E-state index in [0.29, 0.717) is 12.1 Å². The van der Waals surface area contributed by atoms with E-state index in [1.54, 1.807) is 0 Å². The molecule has 2 aromatic rings. The van der Waals surface area contributed by atoms with E-state index in [9.17, 15) is 0 Å². The van der Waals surface area contributed by atoms with Crippen molar-refractivity contribution in [1.29, 1.82) is 0 Å². The molecule has 2 aliphatic carbocycles. The molecule has 3 nitrogen and oxygen atoms in total. The minimum absolute atomic E-state index is 0.686. The summed E-state index contributed by atoms with van der Waals surface area (Å²) in [5.41, 5.74) is 2.79. The van der Waals surface area contributed by atoms with Gasteiger partial charge in [-0.3, -0.25) is 0 Å². The smallest absolute Gasteiger partial charge is 0.0208 e. The third kappa shape index (κ3) is 6.67. The van der Waals surface area contributed by atoms with Crippen molar-refractivity contribution in [3.05, 3.63) is 71.8 Å². The molecule has 2 aliphatic rings. The Labute approximate surface area is 176 Å². The normalized spacial score (nSPS) is 27.6. The number of benzene rings is 2. The van der Waals surface area contributed by atoms with Crippen molar-refractivity contribution in [3.8, 4) is 0 Å². The van der Waals surface area contributed by atoms with Crippen molar-refractivity contribution in [1.82, 2.24) is 16.0 Å². The highest BCUT2D eigenvalue weighted by molar-refractivity contribution is 5.15. The van der Waals surface area contributed by atoms with Gasteiger partial charge in [-0.15, -0.1) is 0 Å². The number of rotatable bonds is 8. The molecule has 0 aromatic heterocycles. The maximum Gasteiger partial charge on any atom is 0.0208 e. The van der Waals surface area contributed by atoms with Crippen LogP contribution in [0.15, 0.2) is 60.7 Å². The van der Waals surface area contributed by atoms with Crippen LogP contribution in [-0.4, -0.2) is 24.2 Å². The summed E-state index contributed by atoms with van der Waals surface area (Å²) in [4.78, 5) is 0. The molecule has 156 valence electrons. The highest BCUT2D eigenvalue weighted by atomic mass is 15.0. The van der Waals surface area contributed by atoms with Gasteiger partial charge in [-0.1, -0.05) is 60.7 Å². The molecular weight excluding hydrogens is 354 g/mol. The lowest BCUT2D eigenvalue weighted by molar-refractivity contribution is 0.244. The van der Waals surface area contributed by atoms with Gasteiger partial charge in [0.15, 0.2) is 0 Å². The second kappa shape index (κ2) is 10.9. The number of hydrogen-bond acceptors (Lipinski definition) is 3. The van der Waals surface area contributed by atoms with E-state index in [0.717, 1.165) is 25.2 Å². The standard InChI is InChI=1S/C26H37N3/c1-3-7-21(8-4-1)19-27-23-11-15-25(16-12-23)29-26-17-13-24(14-18-26)28-20-22-9-5-2-6-10-22/h1-10,23-29H,11-20H2. The van der Waals surface area contributed by atoms with Crippen molar-refractivity contribution < 1.29 is 0 Å². The molecule has 0 saturated heterocycles. The molecule has 2 fully saturated rings. The first-order chi connectivity index (χ1) is 14.3. The topological polar surface area (TPSA) is 36.1 Å². The molecule has 0 unspecified atom stereocenters. The molecule has 3 heteroatoms. The fraction of sp³-hybridized carbons (Fsp3) is 0.538. The van der Waals surface area contributed by atoms with Crippen molar-refractivity contribution in [2.24, 2.45) is 0 Å². The number of nitrogens with one attached hydrogen (secondary N) is 3. The van der Waals surface area contributed by atoms with E-state index >= 15 is 0 Å². The van der Waals surface area contributed by atoms with Crippen LogP contribution in [0, 0.1) is 0 Å². The van der Waals surface area contributed by atoms with Crippen LogP contribution in [0.1, 0.15) is 62.5 Å². The largest absolute Gasteiger partial charge is 0.311 e. The van der Waals surface area contributed by atoms with Gasteiger partial charge < -0.3 is 16.0 Å². The third-order valence-corrected chi connectivity index (χ3v) is 6.80. The third-order valence-electron chi connectivity index (χ3n) is 6.80. The summed E-state index contributed by atoms with van der Waals surface area (Å²) in [5.74, 6) is 0. The highest BCUT2D eigenvalue weighted by Gasteiger charge is 2.26. The lowest BCUT2D eigenvalue weighted by Gasteiger charge is -2.36. The zero-order valence-corrected chi connectivity index (χ0v) is 17.7. The highest BCUT2D eigenvalue weighted by Crippen LogP contribution is 2.24. The summed E-state index contributed by atoms with van der Waals surface area (Å²) in [6.45, 7) is 2.01. The molecule has 2 aromatic carbocycles. The van der Waals surface area contributed by atoms with Gasteiger partial charge in [0.1, 0.15) is 0 Å². The zero-order valence-electron chi connectivity index (χ0n) is 17.7. The lowest BCUT2D eigenvalue weighted by Crippen LogP contribution is -2.46. The van der Waals surface area contributed by atoms with Crippen molar-refractivity contribution in [2.75, 3.05) is 0 Å². The summed E-state index contributed by atoms with van der Waals surface area (Å²) in [5, 5.41) is 11.5. The van der Waals surface area contributed by atoms with Crippen LogP contribution in [-0.2, 0) is 13.1 Å². The Hall–Kier alpha value is -1.68. The van der Waals surface area contributed by atoms with E-state index in [1.807, 2.05) is 0 Å². The Bertz CT molecular complexity index is 625. The van der Waals surface area contributed by atoms with Crippen LogP contribution in [0.25, 0.3) is 0 Å². The molecule has 0 heterocycles. The summed E-state index contributed by atoms with van der Waals surface area (Å²) < 4.78 is 0. The van der Waals surface area contributed by atoms with Gasteiger partial charge >= 0.3 is 0 Å². The Kier molecular flexibility index (Phi) is 7.75. The van der Waals surface area contributed by atoms with Crippen molar-refractivity contribution >= 4 is 0 Å². The molecule has 3 N–H and O–H groups in total. The average Bonchev–Trinajstić information content (AvgIpc) is 2.80. The van der Waals surface area contributed by atoms with Crippen molar-refractivity contribution in [3.63, 3.8) is 0 Å². The van der Waals surface area contributed by atoms with E-state index in [-0.39, 0.29) is 0 Å². The van der Waals surface area contributed by atoms with Crippen LogP contribution in [0.5, 0.6) is 0 Å². The summed E-state index contributed by atoms with van der Waals surface area (Å²) >= 11 is 0. The Morgan fingerprint density at radius 1 is 0.483 bits per heavy atom. The number of hydrogen-bond donors (Lipinski definition) is 3. The summed E-state index contributed by atoms with van der Waals surface area (Å²) in [7, 11) is 0. The molecule has 0 spiro atoms. The van der Waals surface area contributed by atoms with E-state index in [4.69, 9.17) is 0 Å². The van der Waals surface area contributed by atoms with Gasteiger partial charge in [0.2, 0.25) is 0 Å². The minimum Gasteiger partial charge on any atom is -0.311 e. The lowest BCUT2D eigenvalue weighted by atomic mass is 9.87. The van der Waals surface area contributed by atoms with Gasteiger partial charge in [0, 0.05) is 37.3 Å². The molecule has 0 amide bonds. The van der Waals surface area contributed by atoms with Crippen LogP contribution in [0.3, 0.4) is 0 Å². The predicted molar refractivity (Wildman–Crippen MR) is 122 cm³/mol. The Morgan fingerprint density at radius 3 is 1.21 bits per heavy atom. The first-order valence-electron chi connectivity index (χ1n) is 11.7. The first kappa shape index (κ1) is 20.6. The molecule has 0 atom stereocenters. The van der Waals surface area contributed by atoms with Crippen LogP contribution >= 0.6 is 0 Å². The zero-order chi connectivity index (χ0) is 19.7. The maximum atomic E-state index is 3.99. The van der Waals surface area contributed by atoms with Gasteiger partial charge in [-0.05, 0) is 62.5 Å². The molecule has 0 bridgehead atoms. The predicted octanol–water partition coefficient (Wildman–Crippen LogP) is 4.78.